The number of carbonyl (C=O) groups is 2. The average Bonchev–Trinajstić information content (AvgIpc) is 3.44. The number of hydrogen-bond donors (Lipinski definition) is 3. The Morgan fingerprint density at radius 1 is 0.712 bits per heavy atom. The summed E-state index contributed by atoms with van der Waals surface area (Å²) in [7, 11) is 1.29. The summed E-state index contributed by atoms with van der Waals surface area (Å²) in [5.41, 5.74) is 2.54. The fourth-order valence-corrected chi connectivity index (χ4v) is 6.90. The van der Waals surface area contributed by atoms with Crippen LogP contribution in [-0.2, 0) is 45.5 Å². The van der Waals surface area contributed by atoms with Crippen molar-refractivity contribution in [1.29, 1.82) is 0 Å². The Kier molecular flexibility index (Phi) is 29.7. The van der Waals surface area contributed by atoms with Crippen molar-refractivity contribution in [2.45, 2.75) is 174 Å². The van der Waals surface area contributed by atoms with E-state index in [-0.39, 0.29) is 38.9 Å². The summed E-state index contributed by atoms with van der Waals surface area (Å²) in [6, 6.07) is 0. The van der Waals surface area contributed by atoms with Crippen LogP contribution in [0, 0.1) is 13.8 Å². The number of rotatable bonds is 36. The molecule has 12 nitrogen and oxygen atoms in total. The van der Waals surface area contributed by atoms with Crippen LogP contribution in [0.1, 0.15) is 152 Å². The zero-order valence-corrected chi connectivity index (χ0v) is 38.6. The number of carbonyl (C=O) groups excluding carboxylic acids is 2. The number of phosphoric acid groups is 1. The minimum atomic E-state index is -4.46. The summed E-state index contributed by atoms with van der Waals surface area (Å²) in [5.74, 6) is 1.08. The lowest BCUT2D eigenvalue weighted by atomic mass is 10.0. The lowest BCUT2D eigenvalue weighted by Crippen LogP contribution is -2.37. The van der Waals surface area contributed by atoms with Gasteiger partial charge in [-0.3, -0.25) is 18.6 Å². The van der Waals surface area contributed by atoms with E-state index in [1.54, 1.807) is 0 Å². The van der Waals surface area contributed by atoms with E-state index in [0.717, 1.165) is 82.1 Å². The molecule has 0 aromatic carbocycles. The molecule has 1 aromatic rings. The summed E-state index contributed by atoms with van der Waals surface area (Å²) >= 11 is 0. The third-order valence-corrected chi connectivity index (χ3v) is 11.0. The number of aliphatic hydroxyl groups excluding tert-OH is 2. The quantitative estimate of drug-likeness (QED) is 0.0194. The topological polar surface area (TPSA) is 162 Å². The maximum absolute atomic E-state index is 12.8. The molecule has 3 N–H and O–H groups in total. The number of nitrogens with zero attached hydrogens (tertiary/aromatic N) is 1. The van der Waals surface area contributed by atoms with Crippen LogP contribution in [-0.4, -0.2) is 97.3 Å². The molecule has 0 aliphatic heterocycles. The van der Waals surface area contributed by atoms with Crippen LogP contribution in [0.2, 0.25) is 0 Å². The Balaban J connectivity index is 2.47. The number of quaternary nitrogens is 1. The van der Waals surface area contributed by atoms with Gasteiger partial charge in [-0.15, -0.1) is 0 Å². The molecule has 340 valence electrons. The number of unbranched alkanes of at least 4 members (excludes halogenated alkanes) is 8. The fourth-order valence-electron chi connectivity index (χ4n) is 6.16. The molecule has 0 aliphatic rings. The fraction of sp³-hybridized carbons (Fsp3) is 0.739. The number of allylic oxidation sites excluding steroid dienone is 5. The van der Waals surface area contributed by atoms with Gasteiger partial charge in [0, 0.05) is 25.7 Å². The molecule has 0 saturated carbocycles. The van der Waals surface area contributed by atoms with E-state index in [1.165, 1.54) is 30.4 Å². The minimum Gasteiger partial charge on any atom is -0.466 e. The molecule has 0 saturated heterocycles. The normalized spacial score (nSPS) is 14.9. The Hall–Kier alpha value is -2.57. The number of hydrogen-bond acceptors (Lipinski definition) is 10. The van der Waals surface area contributed by atoms with Crippen LogP contribution in [0.5, 0.6) is 0 Å². The maximum Gasteiger partial charge on any atom is 0.472 e. The van der Waals surface area contributed by atoms with Gasteiger partial charge in [0.1, 0.15) is 31.3 Å². The van der Waals surface area contributed by atoms with E-state index in [0.29, 0.717) is 23.9 Å². The first-order valence-corrected chi connectivity index (χ1v) is 23.7. The molecular formula is C46H81NO11P+. The van der Waals surface area contributed by atoms with Crippen molar-refractivity contribution in [2.75, 3.05) is 47.5 Å². The van der Waals surface area contributed by atoms with E-state index in [1.807, 2.05) is 33.3 Å². The number of likely N-dealkylation sites (N-methyl/N-ethyl adjacent to an activating group) is 1. The highest BCUT2D eigenvalue weighted by Crippen LogP contribution is 2.43. The van der Waals surface area contributed by atoms with Crippen molar-refractivity contribution in [3.05, 3.63) is 59.1 Å². The molecule has 1 aromatic heterocycles. The molecule has 4 atom stereocenters. The SMILES string of the molecule is CCCCC/C=C\C/C=C\C/C=C\CC(O)C(O)CCCC(=O)OC[C@H](COP(=O)(O)OCC[N+](C)(C)C)OC(=O)CCCCCCCCc1oc(CCC)c(C)c1C. The van der Waals surface area contributed by atoms with Gasteiger partial charge in [0.05, 0.1) is 40.0 Å². The number of aliphatic hydroxyl groups is 2. The van der Waals surface area contributed by atoms with E-state index < -0.39 is 44.7 Å². The van der Waals surface area contributed by atoms with E-state index in [4.69, 9.17) is 22.9 Å². The molecule has 0 radical (unpaired) electrons. The molecule has 59 heavy (non-hydrogen) atoms. The Bertz CT molecular complexity index is 1410. The summed E-state index contributed by atoms with van der Waals surface area (Å²) in [6.45, 7) is 8.18. The van der Waals surface area contributed by atoms with Crippen LogP contribution in [0.25, 0.3) is 0 Å². The van der Waals surface area contributed by atoms with E-state index in [2.05, 4.69) is 52.0 Å². The van der Waals surface area contributed by atoms with Crippen molar-refractivity contribution in [2.24, 2.45) is 0 Å². The summed E-state index contributed by atoms with van der Waals surface area (Å²) < 4.78 is 40.2. The van der Waals surface area contributed by atoms with E-state index in [9.17, 15) is 29.3 Å². The van der Waals surface area contributed by atoms with Crippen LogP contribution in [0.3, 0.4) is 0 Å². The largest absolute Gasteiger partial charge is 0.472 e. The first-order chi connectivity index (χ1) is 28.1. The first kappa shape index (κ1) is 54.4. The van der Waals surface area contributed by atoms with Crippen molar-refractivity contribution in [3.8, 4) is 0 Å². The molecule has 0 aliphatic carbocycles. The smallest absolute Gasteiger partial charge is 0.466 e. The first-order valence-electron chi connectivity index (χ1n) is 22.2. The second-order valence-corrected chi connectivity index (χ2v) is 18.1. The van der Waals surface area contributed by atoms with Gasteiger partial charge in [0.15, 0.2) is 6.10 Å². The molecule has 0 amide bonds. The number of esters is 2. The lowest BCUT2D eigenvalue weighted by molar-refractivity contribution is -0.870. The van der Waals surface area contributed by atoms with Crippen molar-refractivity contribution in [3.63, 3.8) is 0 Å². The third kappa shape index (κ3) is 28.6. The minimum absolute atomic E-state index is 0.0235. The zero-order chi connectivity index (χ0) is 43.9. The van der Waals surface area contributed by atoms with Crippen LogP contribution in [0.4, 0.5) is 0 Å². The highest BCUT2D eigenvalue weighted by Gasteiger charge is 2.27. The monoisotopic (exact) mass is 855 g/mol. The van der Waals surface area contributed by atoms with Crippen LogP contribution >= 0.6 is 7.82 Å². The van der Waals surface area contributed by atoms with Gasteiger partial charge >= 0.3 is 19.8 Å². The number of ether oxygens (including phenoxy) is 2. The van der Waals surface area contributed by atoms with Gasteiger partial charge in [-0.05, 0) is 89.2 Å². The summed E-state index contributed by atoms with van der Waals surface area (Å²) in [4.78, 5) is 35.5. The van der Waals surface area contributed by atoms with Gasteiger partial charge in [-0.2, -0.15) is 0 Å². The van der Waals surface area contributed by atoms with Crippen LogP contribution in [0.15, 0.2) is 40.9 Å². The number of phosphoric ester groups is 1. The highest BCUT2D eigenvalue weighted by molar-refractivity contribution is 7.47. The van der Waals surface area contributed by atoms with Crippen LogP contribution < -0.4 is 0 Å². The third-order valence-electron chi connectivity index (χ3n) is 10.0. The second-order valence-electron chi connectivity index (χ2n) is 16.6. The maximum atomic E-state index is 12.8. The molecule has 13 heteroatoms. The van der Waals surface area contributed by atoms with Gasteiger partial charge in [-0.1, -0.05) is 88.8 Å². The summed E-state index contributed by atoms with van der Waals surface area (Å²) in [5, 5.41) is 20.8. The predicted octanol–water partition coefficient (Wildman–Crippen LogP) is 9.73. The lowest BCUT2D eigenvalue weighted by Gasteiger charge is -2.24. The zero-order valence-electron chi connectivity index (χ0n) is 37.7. The van der Waals surface area contributed by atoms with Gasteiger partial charge in [-0.25, -0.2) is 4.57 Å². The highest BCUT2D eigenvalue weighted by atomic mass is 31.2. The molecule has 1 rings (SSSR count). The molecule has 0 spiro atoms. The van der Waals surface area contributed by atoms with Crippen molar-refractivity contribution in [1.82, 2.24) is 0 Å². The standard InChI is InChI=1S/C46H80NO11P/c1-8-10-11-12-13-14-15-16-17-18-21-24-29-41(48)42(49)30-27-33-45(50)54-36-40(37-56-59(52,53)55-35-34-47(5,6)7)57-46(51)32-26-23-20-19-22-25-31-44-39(4)38(3)43(58-44)28-9-2/h13-14,16-17,21,24,40-42,48-49H,8-12,15,18-20,22-23,25-37H2,1-7H3/p+1/b14-13-,17-16-,24-21-/t40-,41?,42?/m1/s1. The molecule has 3 unspecified atom stereocenters. The molecule has 0 bridgehead atoms. The van der Waals surface area contributed by atoms with Gasteiger partial charge < -0.3 is 33.5 Å². The van der Waals surface area contributed by atoms with Gasteiger partial charge in [0.2, 0.25) is 0 Å². The van der Waals surface area contributed by atoms with Crippen molar-refractivity contribution >= 4 is 19.8 Å². The number of furan rings is 1. The van der Waals surface area contributed by atoms with E-state index >= 15 is 0 Å². The molecule has 0 fully saturated rings. The molecule has 1 heterocycles. The average molecular weight is 855 g/mol. The Morgan fingerprint density at radius 3 is 1.98 bits per heavy atom. The second kappa shape index (κ2) is 32.2. The summed E-state index contributed by atoms with van der Waals surface area (Å²) in [6.07, 6.45) is 25.2. The molecular weight excluding hydrogens is 773 g/mol. The Labute approximate surface area is 356 Å². The predicted molar refractivity (Wildman–Crippen MR) is 235 cm³/mol. The Morgan fingerprint density at radius 2 is 1.32 bits per heavy atom. The van der Waals surface area contributed by atoms with Crippen molar-refractivity contribution < 1.29 is 56.7 Å². The van der Waals surface area contributed by atoms with Gasteiger partial charge in [0.25, 0.3) is 0 Å². The number of aryl methyl sites for hydroxylation is 2.